The Bertz CT molecular complexity index is 685. The maximum Gasteiger partial charge on any atom is 0.0995 e. The fourth-order valence-electron chi connectivity index (χ4n) is 2.77. The summed E-state index contributed by atoms with van der Waals surface area (Å²) < 4.78 is 0. The summed E-state index contributed by atoms with van der Waals surface area (Å²) in [5.74, 6) is 0. The quantitative estimate of drug-likeness (QED) is 0.743. The predicted octanol–water partition coefficient (Wildman–Crippen LogP) is 3.68. The van der Waals surface area contributed by atoms with Crippen LogP contribution in [0.4, 0.5) is 0 Å². The van der Waals surface area contributed by atoms with Crippen molar-refractivity contribution in [2.24, 2.45) is 0 Å². The van der Waals surface area contributed by atoms with Gasteiger partial charge < -0.3 is 4.90 Å². The molecule has 0 unspecified atom stereocenters. The van der Waals surface area contributed by atoms with Crippen LogP contribution in [0.5, 0.6) is 0 Å². The maximum absolute atomic E-state index is 9.33. The number of nitrogens with zero attached hydrogens (tertiary/aromatic N) is 3. The largest absolute Gasteiger partial charge is 0.308 e. The molecule has 0 aliphatic carbocycles. The molecule has 0 spiro atoms. The number of nitriles is 1. The Kier molecular flexibility index (Phi) is 6.99. The van der Waals surface area contributed by atoms with Gasteiger partial charge in [-0.2, -0.15) is 5.26 Å². The molecule has 0 radical (unpaired) electrons. The van der Waals surface area contributed by atoms with E-state index < -0.39 is 0 Å². The van der Waals surface area contributed by atoms with Crippen molar-refractivity contribution in [1.82, 2.24) is 9.80 Å². The highest BCUT2D eigenvalue weighted by Gasteiger charge is 2.10. The van der Waals surface area contributed by atoms with Crippen LogP contribution in [-0.2, 0) is 19.5 Å². The van der Waals surface area contributed by atoms with E-state index in [1.165, 1.54) is 11.1 Å². The van der Waals surface area contributed by atoms with Crippen molar-refractivity contribution in [3.63, 3.8) is 0 Å². The molecule has 2 aromatic carbocycles. The van der Waals surface area contributed by atoms with Crippen molar-refractivity contribution in [2.45, 2.75) is 26.4 Å². The van der Waals surface area contributed by atoms with Gasteiger partial charge in [0.25, 0.3) is 0 Å². The molecule has 2 aromatic rings. The Balaban J connectivity index is 2.16. The van der Waals surface area contributed by atoms with Gasteiger partial charge in [0.1, 0.15) is 0 Å². The zero-order chi connectivity index (χ0) is 17.4. The standard InChI is InChI=1S/C21H27N3/c1-4-18-8-7-9-19(14-18)16-24(13-12-23(2)3)17-21-11-6-5-10-20(21)15-22/h5-11,14H,4,12-13,16-17H2,1-3H3. The van der Waals surface area contributed by atoms with Gasteiger partial charge in [-0.25, -0.2) is 0 Å². The van der Waals surface area contributed by atoms with Crippen LogP contribution in [0.3, 0.4) is 0 Å². The highest BCUT2D eigenvalue weighted by atomic mass is 15.2. The van der Waals surface area contributed by atoms with Crippen LogP contribution in [0, 0.1) is 11.3 Å². The fraction of sp³-hybridized carbons (Fsp3) is 0.381. The van der Waals surface area contributed by atoms with Gasteiger partial charge in [-0.05, 0) is 43.3 Å². The Hall–Kier alpha value is -2.15. The van der Waals surface area contributed by atoms with E-state index in [1.807, 2.05) is 18.2 Å². The van der Waals surface area contributed by atoms with Gasteiger partial charge in [0.05, 0.1) is 11.6 Å². The van der Waals surface area contributed by atoms with Crippen LogP contribution in [0.2, 0.25) is 0 Å². The summed E-state index contributed by atoms with van der Waals surface area (Å²) in [6.07, 6.45) is 1.06. The molecule has 2 rings (SSSR count). The average molecular weight is 321 g/mol. The highest BCUT2D eigenvalue weighted by molar-refractivity contribution is 5.37. The fourth-order valence-corrected chi connectivity index (χ4v) is 2.77. The molecule has 0 atom stereocenters. The molecule has 0 bridgehead atoms. The summed E-state index contributed by atoms with van der Waals surface area (Å²) in [6, 6.07) is 19.0. The van der Waals surface area contributed by atoms with Gasteiger partial charge in [0.2, 0.25) is 0 Å². The van der Waals surface area contributed by atoms with Gasteiger partial charge in [0.15, 0.2) is 0 Å². The second kappa shape index (κ2) is 9.22. The predicted molar refractivity (Wildman–Crippen MR) is 99.6 cm³/mol. The van der Waals surface area contributed by atoms with Crippen molar-refractivity contribution in [3.05, 3.63) is 70.8 Å². The number of likely N-dealkylation sites (N-methyl/N-ethyl adjacent to an activating group) is 1. The molecule has 126 valence electrons. The molecule has 0 saturated heterocycles. The number of aryl methyl sites for hydroxylation is 1. The second-order valence-corrected chi connectivity index (χ2v) is 6.46. The molecule has 0 heterocycles. The lowest BCUT2D eigenvalue weighted by Crippen LogP contribution is -2.31. The topological polar surface area (TPSA) is 30.3 Å². The SMILES string of the molecule is CCc1cccc(CN(CCN(C)C)Cc2ccccc2C#N)c1. The minimum Gasteiger partial charge on any atom is -0.308 e. The van der Waals surface area contributed by atoms with Gasteiger partial charge in [-0.15, -0.1) is 0 Å². The zero-order valence-corrected chi connectivity index (χ0v) is 15.0. The van der Waals surface area contributed by atoms with Crippen LogP contribution < -0.4 is 0 Å². The number of hydrogen-bond acceptors (Lipinski definition) is 3. The van der Waals surface area contributed by atoms with E-state index in [4.69, 9.17) is 0 Å². The smallest absolute Gasteiger partial charge is 0.0995 e. The van der Waals surface area contributed by atoms with E-state index in [0.29, 0.717) is 0 Å². The van der Waals surface area contributed by atoms with Crippen LogP contribution in [0.15, 0.2) is 48.5 Å². The molecule has 24 heavy (non-hydrogen) atoms. The van der Waals surface area contributed by atoms with Crippen molar-refractivity contribution < 1.29 is 0 Å². The van der Waals surface area contributed by atoms with Crippen molar-refractivity contribution in [2.75, 3.05) is 27.2 Å². The lowest BCUT2D eigenvalue weighted by Gasteiger charge is -2.25. The number of rotatable bonds is 8. The summed E-state index contributed by atoms with van der Waals surface area (Å²) in [4.78, 5) is 4.62. The van der Waals surface area contributed by atoms with Crippen molar-refractivity contribution in [1.29, 1.82) is 5.26 Å². The summed E-state index contributed by atoms with van der Waals surface area (Å²) in [5, 5.41) is 9.33. The first-order chi connectivity index (χ1) is 11.6. The highest BCUT2D eigenvalue weighted by Crippen LogP contribution is 2.15. The number of hydrogen-bond donors (Lipinski definition) is 0. The normalized spacial score (nSPS) is 11.0. The third kappa shape index (κ3) is 5.49. The van der Waals surface area contributed by atoms with Gasteiger partial charge >= 0.3 is 0 Å². The molecule has 0 fully saturated rings. The van der Waals surface area contributed by atoms with E-state index in [0.717, 1.165) is 43.7 Å². The molecular weight excluding hydrogens is 294 g/mol. The molecule has 0 aliphatic heterocycles. The lowest BCUT2D eigenvalue weighted by atomic mass is 10.1. The van der Waals surface area contributed by atoms with Gasteiger partial charge in [-0.1, -0.05) is 49.4 Å². The molecule has 0 amide bonds. The third-order valence-corrected chi connectivity index (χ3v) is 4.20. The van der Waals surface area contributed by atoms with Gasteiger partial charge in [0, 0.05) is 26.2 Å². The summed E-state index contributed by atoms with van der Waals surface area (Å²) in [6.45, 7) is 5.87. The Morgan fingerprint density at radius 2 is 1.67 bits per heavy atom. The molecule has 3 nitrogen and oxygen atoms in total. The minimum atomic E-state index is 0.773. The Morgan fingerprint density at radius 1 is 0.917 bits per heavy atom. The second-order valence-electron chi connectivity index (χ2n) is 6.46. The van der Waals surface area contributed by atoms with Gasteiger partial charge in [-0.3, -0.25) is 4.90 Å². The van der Waals surface area contributed by atoms with Crippen LogP contribution in [0.25, 0.3) is 0 Å². The molecule has 3 heteroatoms. The van der Waals surface area contributed by atoms with Crippen molar-refractivity contribution in [3.8, 4) is 6.07 Å². The first kappa shape index (κ1) is 18.2. The molecular formula is C21H27N3. The minimum absolute atomic E-state index is 0.773. The molecule has 0 aliphatic rings. The maximum atomic E-state index is 9.33. The molecule has 0 saturated carbocycles. The van der Waals surface area contributed by atoms with Crippen LogP contribution in [-0.4, -0.2) is 37.0 Å². The van der Waals surface area contributed by atoms with E-state index in [-0.39, 0.29) is 0 Å². The summed E-state index contributed by atoms with van der Waals surface area (Å²) >= 11 is 0. The first-order valence-corrected chi connectivity index (χ1v) is 8.55. The number of benzene rings is 2. The summed E-state index contributed by atoms with van der Waals surface area (Å²) in [7, 11) is 4.19. The van der Waals surface area contributed by atoms with Crippen molar-refractivity contribution >= 4 is 0 Å². The third-order valence-electron chi connectivity index (χ3n) is 4.20. The Morgan fingerprint density at radius 3 is 2.38 bits per heavy atom. The van der Waals surface area contributed by atoms with E-state index in [1.54, 1.807) is 0 Å². The molecule has 0 aromatic heterocycles. The van der Waals surface area contributed by atoms with E-state index in [2.05, 4.69) is 67.2 Å². The average Bonchev–Trinajstić information content (AvgIpc) is 2.60. The summed E-state index contributed by atoms with van der Waals surface area (Å²) in [5.41, 5.74) is 4.58. The van der Waals surface area contributed by atoms with E-state index in [9.17, 15) is 5.26 Å². The van der Waals surface area contributed by atoms with Crippen LogP contribution in [0.1, 0.15) is 29.2 Å². The lowest BCUT2D eigenvalue weighted by molar-refractivity contribution is 0.226. The zero-order valence-electron chi connectivity index (χ0n) is 15.0. The monoisotopic (exact) mass is 321 g/mol. The molecule has 0 N–H and O–H groups in total. The van der Waals surface area contributed by atoms with Crippen LogP contribution >= 0.6 is 0 Å². The first-order valence-electron chi connectivity index (χ1n) is 8.55. The van der Waals surface area contributed by atoms with E-state index >= 15 is 0 Å². The Labute approximate surface area is 146 Å².